The quantitative estimate of drug-likeness (QED) is 0.0522. The molecule has 10 atom stereocenters. The number of esters is 6. The van der Waals surface area contributed by atoms with Crippen molar-refractivity contribution < 1.29 is 84.4 Å². The van der Waals surface area contributed by atoms with Gasteiger partial charge >= 0.3 is 35.8 Å². The van der Waals surface area contributed by atoms with Crippen LogP contribution in [0.3, 0.4) is 0 Å². The topological polar surface area (TPSA) is 243 Å². The molecular weight excluding hydrogens is 1110 g/mol. The number of ether oxygens (including phenoxy) is 9. The van der Waals surface area contributed by atoms with Crippen LogP contribution in [0.5, 0.6) is 5.75 Å². The average molecular weight is 1200 g/mol. The largest absolute Gasteiger partial charge is 0.748 e. The Morgan fingerprint density at radius 3 is 1.57 bits per heavy atom. The Labute approximate surface area is 495 Å². The molecule has 0 spiro atoms. The van der Waals surface area contributed by atoms with E-state index >= 15 is 0 Å². The predicted octanol–water partition coefficient (Wildman–Crippen LogP) is 9.40. The third kappa shape index (κ3) is 15.0. The molecule has 11 aliphatic rings. The Kier molecular flexibility index (Phi) is 21.1. The first-order valence-corrected chi connectivity index (χ1v) is 33.4. The summed E-state index contributed by atoms with van der Waals surface area (Å²) in [6.45, 7) is 28.2. The normalized spacial score (nSPS) is 32.9. The number of rotatable bonds is 15. The maximum atomic E-state index is 12.5. The minimum Gasteiger partial charge on any atom is -0.748 e. The fourth-order valence-electron chi connectivity index (χ4n) is 13.2. The van der Waals surface area contributed by atoms with Crippen molar-refractivity contribution in [3.8, 4) is 5.75 Å². The summed E-state index contributed by atoms with van der Waals surface area (Å²) in [5, 5.41) is 0. The zero-order chi connectivity index (χ0) is 61.3. The van der Waals surface area contributed by atoms with Crippen LogP contribution in [0.25, 0.3) is 0 Å². The van der Waals surface area contributed by atoms with Gasteiger partial charge in [0.05, 0.1) is 63.3 Å². The van der Waals surface area contributed by atoms with Gasteiger partial charge in [-0.1, -0.05) is 27.4 Å². The summed E-state index contributed by atoms with van der Waals surface area (Å²) in [5.74, 6) is 4.37. The second-order valence-electron chi connectivity index (χ2n) is 26.8. The van der Waals surface area contributed by atoms with Crippen LogP contribution in [0.1, 0.15) is 171 Å². The van der Waals surface area contributed by atoms with Crippen molar-refractivity contribution in [3.05, 3.63) is 35.4 Å². The second-order valence-corrected chi connectivity index (χ2v) is 30.6. The Hall–Kier alpha value is -4.24. The lowest BCUT2D eigenvalue weighted by Crippen LogP contribution is -2.58. The minimum atomic E-state index is -4.30. The Morgan fingerprint density at radius 1 is 0.687 bits per heavy atom. The molecule has 7 heterocycles. The molecule has 12 rings (SSSR count). The summed E-state index contributed by atoms with van der Waals surface area (Å²) < 4.78 is 79.2. The molecule has 4 aliphatic carbocycles. The van der Waals surface area contributed by atoms with Gasteiger partial charge in [0.2, 0.25) is 0 Å². The third-order valence-corrected chi connectivity index (χ3v) is 22.7. The standard InChI is InChI=1S/C17H28O2.C14H21OS.C13H18O5.C11H12O5.C8H16O5S/c1-5-16(2,3)15(18)19-17(4)13-7-11-6-12(9-13)10-14(17)8-11;1-11-9-13(10-12(2)14(11)15-3)16-7-5-4-6-8-16;1-4-13(2,3)12(15)18-9-7-5-6-8(16-7)10(9)17-11(6)14;1-4(2)10(12)15-8-6-3-5-7(14-6)9(8)16-11(5)13;1-4-8(2,3)7(9)13-5-6-14(10,11)12/h11-14H,5-10H2,1-4H3;9-10H,4-8H2,1-3H3;6-10H,4-5H2,1-3H3;5-9H,1,3H2,2H3;4-6H2,1-3H3,(H,10,11,12)/q;+1;;;/p-1. The summed E-state index contributed by atoms with van der Waals surface area (Å²) in [4.78, 5) is 71.7. The number of hydrogen-bond donors (Lipinski definition) is 0. The minimum absolute atomic E-state index is 0.0185. The van der Waals surface area contributed by atoms with E-state index < -0.39 is 63.1 Å². The first kappa shape index (κ1) is 66.3. The van der Waals surface area contributed by atoms with E-state index in [4.69, 9.17) is 37.9 Å². The monoisotopic (exact) mass is 1200 g/mol. The van der Waals surface area contributed by atoms with Crippen molar-refractivity contribution in [1.82, 2.24) is 0 Å². The second kappa shape index (κ2) is 26.4. The molecule has 83 heavy (non-hydrogen) atoms. The van der Waals surface area contributed by atoms with Gasteiger partial charge in [-0.05, 0) is 200 Å². The van der Waals surface area contributed by atoms with Crippen LogP contribution in [0.2, 0.25) is 0 Å². The van der Waals surface area contributed by atoms with Gasteiger partial charge in [-0.25, -0.2) is 13.2 Å². The Balaban J connectivity index is 0.000000150. The Bertz CT molecular complexity index is 2620. The fraction of sp³-hybridized carbons (Fsp3) is 0.778. The van der Waals surface area contributed by atoms with Crippen LogP contribution >= 0.6 is 0 Å². The van der Waals surface area contributed by atoms with Gasteiger partial charge in [-0.15, -0.1) is 0 Å². The highest BCUT2D eigenvalue weighted by atomic mass is 32.2. The SMILES string of the molecule is C=C(C)C(=O)OC1C2CC3C(=O)OC1C3O2.CCC(C)(C)C(=O)OC1(C)C2CC3CC(C2)CC1C3.CCC(C)(C)C(=O)OC1C2CC3C(=O)OC1C3O2.CCC(C)(C)C(=O)OCCS(=O)(=O)[O-].COc1c(C)cc([S+]2CCCCC2)cc1C. The van der Waals surface area contributed by atoms with Gasteiger partial charge in [-0.3, -0.25) is 24.0 Å². The number of carbonyl (C=O) groups excluding carboxylic acids is 6. The molecule has 466 valence electrons. The highest BCUT2D eigenvalue weighted by Crippen LogP contribution is 2.60. The lowest BCUT2D eigenvalue weighted by atomic mass is 9.50. The van der Waals surface area contributed by atoms with Gasteiger partial charge in [0, 0.05) is 16.5 Å². The number of fused-ring (bicyclic) bond motifs is 2. The van der Waals surface area contributed by atoms with Gasteiger partial charge in [-0.2, -0.15) is 0 Å². The van der Waals surface area contributed by atoms with Gasteiger partial charge < -0.3 is 47.2 Å². The van der Waals surface area contributed by atoms with Gasteiger partial charge in [0.15, 0.2) is 29.3 Å². The van der Waals surface area contributed by atoms with Crippen molar-refractivity contribution >= 4 is 56.8 Å². The van der Waals surface area contributed by atoms with Gasteiger partial charge in [0.25, 0.3) is 0 Å². The van der Waals surface area contributed by atoms with Crippen molar-refractivity contribution in [2.45, 2.75) is 233 Å². The first-order chi connectivity index (χ1) is 38.8. The van der Waals surface area contributed by atoms with Crippen molar-refractivity contribution in [2.75, 3.05) is 31.0 Å². The molecule has 8 bridgehead atoms. The fourth-order valence-corrected chi connectivity index (χ4v) is 16.0. The molecule has 0 radical (unpaired) electrons. The number of methoxy groups -OCH3 is 1. The molecule has 0 aromatic heterocycles. The lowest BCUT2D eigenvalue weighted by Gasteiger charge is -2.59. The zero-order valence-electron chi connectivity index (χ0n) is 51.6. The maximum absolute atomic E-state index is 12.5. The first-order valence-electron chi connectivity index (χ1n) is 30.2. The maximum Gasteiger partial charge on any atom is 0.333 e. The molecule has 4 saturated carbocycles. The molecule has 20 heteroatoms. The summed E-state index contributed by atoms with van der Waals surface area (Å²) in [6.07, 6.45) is 11.7. The van der Waals surface area contributed by atoms with E-state index in [2.05, 4.69) is 51.1 Å². The van der Waals surface area contributed by atoms with Crippen molar-refractivity contribution in [2.24, 2.45) is 51.8 Å². The van der Waals surface area contributed by atoms with E-state index in [-0.39, 0.29) is 77.8 Å². The van der Waals surface area contributed by atoms with E-state index in [1.54, 1.807) is 32.8 Å². The number of aryl methyl sites for hydroxylation is 2. The van der Waals surface area contributed by atoms with Crippen LogP contribution in [0.4, 0.5) is 0 Å². The third-order valence-electron chi connectivity index (χ3n) is 19.6. The summed E-state index contributed by atoms with van der Waals surface area (Å²) in [5.41, 5.74) is 1.26. The molecule has 1 aromatic carbocycles. The van der Waals surface area contributed by atoms with E-state index in [9.17, 15) is 41.7 Å². The van der Waals surface area contributed by atoms with E-state index in [0.29, 0.717) is 54.0 Å². The zero-order valence-corrected chi connectivity index (χ0v) is 53.3. The average Bonchev–Trinajstić information content (AvgIpc) is 2.11. The molecule has 1 aromatic rings. The molecule has 18 nitrogen and oxygen atoms in total. The summed E-state index contributed by atoms with van der Waals surface area (Å²) in [6, 6.07) is 4.67. The van der Waals surface area contributed by atoms with E-state index in [1.165, 1.54) is 74.0 Å². The molecule has 0 N–H and O–H groups in total. The number of hydrogen-bond acceptors (Lipinski definition) is 18. The van der Waals surface area contributed by atoms with Crippen LogP contribution in [0.15, 0.2) is 29.2 Å². The molecular formula is C63H94O18S2. The lowest BCUT2D eigenvalue weighted by molar-refractivity contribution is -0.211. The predicted molar refractivity (Wildman–Crippen MR) is 309 cm³/mol. The highest BCUT2D eigenvalue weighted by molar-refractivity contribution is 7.97. The van der Waals surface area contributed by atoms with E-state index in [1.807, 2.05) is 41.5 Å². The molecule has 7 aliphatic heterocycles. The summed E-state index contributed by atoms with van der Waals surface area (Å²) >= 11 is 0. The molecule has 11 fully saturated rings. The van der Waals surface area contributed by atoms with Crippen molar-refractivity contribution in [3.63, 3.8) is 0 Å². The number of benzene rings is 1. The smallest absolute Gasteiger partial charge is 0.333 e. The molecule has 0 amide bonds. The van der Waals surface area contributed by atoms with E-state index in [0.717, 1.165) is 24.0 Å². The Morgan fingerprint density at radius 2 is 1.13 bits per heavy atom. The van der Waals surface area contributed by atoms with Crippen LogP contribution < -0.4 is 4.74 Å². The highest BCUT2D eigenvalue weighted by Gasteiger charge is 2.66. The molecule has 7 saturated heterocycles. The van der Waals surface area contributed by atoms with Crippen molar-refractivity contribution in [1.29, 1.82) is 0 Å². The number of carbonyl (C=O) groups is 6. The summed E-state index contributed by atoms with van der Waals surface area (Å²) in [7, 11) is -2.03. The molecule has 10 unspecified atom stereocenters. The van der Waals surface area contributed by atoms with Crippen LogP contribution in [-0.4, -0.2) is 134 Å². The van der Waals surface area contributed by atoms with Gasteiger partial charge in [0.1, 0.15) is 41.7 Å². The van der Waals surface area contributed by atoms with Crippen LogP contribution in [0, 0.1) is 65.6 Å². The van der Waals surface area contributed by atoms with Crippen LogP contribution in [-0.2, 0) is 87.7 Å².